The third-order valence-electron chi connectivity index (χ3n) is 1.74. The minimum absolute atomic E-state index is 0.235. The quantitative estimate of drug-likeness (QED) is 0.618. The lowest BCUT2D eigenvalue weighted by molar-refractivity contribution is 0.183. The van der Waals surface area contributed by atoms with Gasteiger partial charge >= 0.3 is 0 Å². The van der Waals surface area contributed by atoms with Crippen molar-refractivity contribution in [3.05, 3.63) is 0 Å². The van der Waals surface area contributed by atoms with E-state index in [1.54, 1.807) is 6.92 Å². The summed E-state index contributed by atoms with van der Waals surface area (Å²) in [5.41, 5.74) is 0. The topological polar surface area (TPSA) is 32.3 Å². The Bertz CT molecular complexity index is 81.3. The van der Waals surface area contributed by atoms with E-state index in [2.05, 4.69) is 26.1 Å². The first-order valence-electron chi connectivity index (χ1n) is 3.95. The van der Waals surface area contributed by atoms with E-state index in [0.29, 0.717) is 18.5 Å². The van der Waals surface area contributed by atoms with Crippen LogP contribution in [-0.4, -0.2) is 23.8 Å². The van der Waals surface area contributed by atoms with Crippen molar-refractivity contribution in [1.29, 1.82) is 0 Å². The highest BCUT2D eigenvalue weighted by Crippen LogP contribution is 1.98. The molecule has 2 heteroatoms. The van der Waals surface area contributed by atoms with E-state index in [9.17, 15) is 0 Å². The van der Waals surface area contributed by atoms with E-state index in [4.69, 9.17) is 5.11 Å². The molecule has 2 N–H and O–H groups in total. The van der Waals surface area contributed by atoms with Gasteiger partial charge in [0.1, 0.15) is 0 Å². The third kappa shape index (κ3) is 4.77. The molecule has 0 fully saturated rings. The Balaban J connectivity index is 3.30. The van der Waals surface area contributed by atoms with Gasteiger partial charge in [0.15, 0.2) is 0 Å². The summed E-state index contributed by atoms with van der Waals surface area (Å²) in [6.07, 6.45) is -0.235. The molecule has 0 saturated carbocycles. The van der Waals surface area contributed by atoms with Gasteiger partial charge in [-0.25, -0.2) is 0 Å². The van der Waals surface area contributed by atoms with Crippen LogP contribution in [0.15, 0.2) is 0 Å². The zero-order chi connectivity index (χ0) is 8.15. The van der Waals surface area contributed by atoms with Gasteiger partial charge in [0.2, 0.25) is 0 Å². The maximum atomic E-state index is 8.92. The standard InChI is InChI=1S/C8H19NO/c1-6(2)8(4)9-5-7(3)10/h6-10H,5H2,1-4H3. The smallest absolute Gasteiger partial charge is 0.0636 e. The molecule has 0 saturated heterocycles. The SMILES string of the molecule is CC(O)CNC(C)C(C)C. The molecule has 10 heavy (non-hydrogen) atoms. The number of hydrogen-bond donors (Lipinski definition) is 2. The maximum Gasteiger partial charge on any atom is 0.0636 e. The molecule has 0 aliphatic carbocycles. The van der Waals surface area contributed by atoms with E-state index in [1.807, 2.05) is 0 Å². The van der Waals surface area contributed by atoms with Gasteiger partial charge < -0.3 is 10.4 Å². The second-order valence-electron chi connectivity index (χ2n) is 3.29. The van der Waals surface area contributed by atoms with Gasteiger partial charge in [0, 0.05) is 12.6 Å². The van der Waals surface area contributed by atoms with Gasteiger partial charge in [-0.2, -0.15) is 0 Å². The molecule has 0 heterocycles. The van der Waals surface area contributed by atoms with Crippen molar-refractivity contribution in [2.24, 2.45) is 5.92 Å². The average molecular weight is 145 g/mol. The van der Waals surface area contributed by atoms with E-state index < -0.39 is 0 Å². The van der Waals surface area contributed by atoms with Gasteiger partial charge in [0.05, 0.1) is 6.10 Å². The first-order chi connectivity index (χ1) is 4.54. The van der Waals surface area contributed by atoms with Crippen LogP contribution in [0.3, 0.4) is 0 Å². The number of hydrogen-bond acceptors (Lipinski definition) is 2. The second kappa shape index (κ2) is 4.69. The normalized spacial score (nSPS) is 17.4. The van der Waals surface area contributed by atoms with Gasteiger partial charge in [-0.15, -0.1) is 0 Å². The van der Waals surface area contributed by atoms with Crippen molar-refractivity contribution in [1.82, 2.24) is 5.32 Å². The fraction of sp³-hybridized carbons (Fsp3) is 1.00. The Morgan fingerprint density at radius 3 is 2.00 bits per heavy atom. The summed E-state index contributed by atoms with van der Waals surface area (Å²) in [4.78, 5) is 0. The van der Waals surface area contributed by atoms with Crippen LogP contribution in [0.1, 0.15) is 27.7 Å². The predicted octanol–water partition coefficient (Wildman–Crippen LogP) is 1.00. The third-order valence-corrected chi connectivity index (χ3v) is 1.74. The molecule has 0 aromatic carbocycles. The zero-order valence-corrected chi connectivity index (χ0v) is 7.39. The van der Waals surface area contributed by atoms with E-state index in [1.165, 1.54) is 0 Å². The fourth-order valence-electron chi connectivity index (χ4n) is 0.592. The van der Waals surface area contributed by atoms with Crippen molar-refractivity contribution < 1.29 is 5.11 Å². The van der Waals surface area contributed by atoms with E-state index >= 15 is 0 Å². The summed E-state index contributed by atoms with van der Waals surface area (Å²) < 4.78 is 0. The van der Waals surface area contributed by atoms with E-state index in [0.717, 1.165) is 0 Å². The second-order valence-corrected chi connectivity index (χ2v) is 3.29. The van der Waals surface area contributed by atoms with Gasteiger partial charge in [-0.3, -0.25) is 0 Å². The molecule has 0 rings (SSSR count). The van der Waals surface area contributed by atoms with Gasteiger partial charge in [0.25, 0.3) is 0 Å². The largest absolute Gasteiger partial charge is 0.392 e. The highest BCUT2D eigenvalue weighted by Gasteiger charge is 2.05. The van der Waals surface area contributed by atoms with Crippen molar-refractivity contribution in [2.45, 2.75) is 39.8 Å². The van der Waals surface area contributed by atoms with Gasteiger partial charge in [-0.1, -0.05) is 13.8 Å². The molecular weight excluding hydrogens is 126 g/mol. The van der Waals surface area contributed by atoms with Crippen LogP contribution < -0.4 is 5.32 Å². The molecule has 0 aliphatic heterocycles. The Kier molecular flexibility index (Phi) is 4.65. The lowest BCUT2D eigenvalue weighted by Gasteiger charge is -2.18. The monoisotopic (exact) mass is 145 g/mol. The van der Waals surface area contributed by atoms with Gasteiger partial charge in [-0.05, 0) is 19.8 Å². The lowest BCUT2D eigenvalue weighted by Crippen LogP contribution is -2.35. The van der Waals surface area contributed by atoms with Crippen LogP contribution in [0, 0.1) is 5.92 Å². The molecule has 2 atom stereocenters. The van der Waals surface area contributed by atoms with Crippen molar-refractivity contribution in [2.75, 3.05) is 6.54 Å². The summed E-state index contributed by atoms with van der Waals surface area (Å²) in [6.45, 7) is 8.95. The summed E-state index contributed by atoms with van der Waals surface area (Å²) in [6, 6.07) is 0.495. The highest BCUT2D eigenvalue weighted by atomic mass is 16.3. The number of aliphatic hydroxyl groups is 1. The maximum absolute atomic E-state index is 8.92. The fourth-order valence-corrected chi connectivity index (χ4v) is 0.592. The number of aliphatic hydroxyl groups excluding tert-OH is 1. The minimum Gasteiger partial charge on any atom is -0.392 e. The minimum atomic E-state index is -0.235. The number of rotatable bonds is 4. The summed E-state index contributed by atoms with van der Waals surface area (Å²) in [5.74, 6) is 0.638. The average Bonchev–Trinajstić information content (AvgIpc) is 1.82. The van der Waals surface area contributed by atoms with Crippen LogP contribution in [0.4, 0.5) is 0 Å². The van der Waals surface area contributed by atoms with Crippen LogP contribution in [0.25, 0.3) is 0 Å². The molecule has 0 aromatic heterocycles. The molecule has 0 aromatic rings. The highest BCUT2D eigenvalue weighted by molar-refractivity contribution is 4.65. The van der Waals surface area contributed by atoms with Crippen LogP contribution in [0.2, 0.25) is 0 Å². The summed E-state index contributed by atoms with van der Waals surface area (Å²) in [7, 11) is 0. The predicted molar refractivity (Wildman–Crippen MR) is 44.0 cm³/mol. The van der Waals surface area contributed by atoms with Crippen LogP contribution >= 0.6 is 0 Å². The lowest BCUT2D eigenvalue weighted by atomic mass is 10.1. The summed E-state index contributed by atoms with van der Waals surface area (Å²) >= 11 is 0. The van der Waals surface area contributed by atoms with Crippen molar-refractivity contribution in [3.63, 3.8) is 0 Å². The molecule has 0 aliphatic rings. The zero-order valence-electron chi connectivity index (χ0n) is 7.39. The Morgan fingerprint density at radius 2 is 1.70 bits per heavy atom. The van der Waals surface area contributed by atoms with Crippen molar-refractivity contribution in [3.8, 4) is 0 Å². The molecular formula is C8H19NO. The van der Waals surface area contributed by atoms with E-state index in [-0.39, 0.29) is 6.10 Å². The molecule has 62 valence electrons. The first-order valence-corrected chi connectivity index (χ1v) is 3.95. The van der Waals surface area contributed by atoms with Crippen LogP contribution in [-0.2, 0) is 0 Å². The molecule has 0 radical (unpaired) electrons. The van der Waals surface area contributed by atoms with Crippen LogP contribution in [0.5, 0.6) is 0 Å². The Hall–Kier alpha value is -0.0800. The Morgan fingerprint density at radius 1 is 1.20 bits per heavy atom. The first kappa shape index (κ1) is 9.92. The number of nitrogens with one attached hydrogen (secondary N) is 1. The molecule has 0 spiro atoms. The molecule has 0 amide bonds. The summed E-state index contributed by atoms with van der Waals surface area (Å²) in [5, 5.41) is 12.2. The molecule has 2 nitrogen and oxygen atoms in total. The molecule has 0 bridgehead atoms. The molecule has 2 unspecified atom stereocenters. The Labute approximate surface area is 63.6 Å². The van der Waals surface area contributed by atoms with Crippen molar-refractivity contribution >= 4 is 0 Å².